The van der Waals surface area contributed by atoms with E-state index >= 15 is 0 Å². The Hall–Kier alpha value is -1.85. The van der Waals surface area contributed by atoms with Crippen molar-refractivity contribution < 1.29 is 9.59 Å². The van der Waals surface area contributed by atoms with E-state index in [1.807, 2.05) is 26.2 Å². The van der Waals surface area contributed by atoms with Crippen molar-refractivity contribution in [1.29, 1.82) is 0 Å². The van der Waals surface area contributed by atoms with Crippen LogP contribution in [0, 0.1) is 0 Å². The van der Waals surface area contributed by atoms with Gasteiger partial charge in [-0.25, -0.2) is 0 Å². The Morgan fingerprint density at radius 1 is 1.42 bits per heavy atom. The van der Waals surface area contributed by atoms with E-state index in [2.05, 4.69) is 10.4 Å². The first-order valence-electron chi connectivity index (χ1n) is 6.46. The van der Waals surface area contributed by atoms with Gasteiger partial charge in [0.2, 0.25) is 11.8 Å². The average Bonchev–Trinajstić information content (AvgIpc) is 2.71. The normalized spacial score (nSPS) is 22.5. The molecule has 1 aromatic rings. The maximum Gasteiger partial charge on any atom is 0.248 e. The molecule has 0 radical (unpaired) electrons. The molecule has 0 bridgehead atoms. The Morgan fingerprint density at radius 2 is 2.11 bits per heavy atom. The molecule has 0 aromatic carbocycles. The van der Waals surface area contributed by atoms with Gasteiger partial charge in [-0.2, -0.15) is 5.10 Å². The van der Waals surface area contributed by atoms with Gasteiger partial charge in [0, 0.05) is 13.2 Å². The number of carbonyl (C=O) groups is 2. The molecule has 1 unspecified atom stereocenters. The molecule has 1 aliphatic heterocycles. The van der Waals surface area contributed by atoms with E-state index in [0.29, 0.717) is 13.0 Å². The van der Waals surface area contributed by atoms with Gasteiger partial charge < -0.3 is 10.2 Å². The molecule has 1 N–H and O–H groups in total. The summed E-state index contributed by atoms with van der Waals surface area (Å²) in [6.45, 7) is 5.73. The maximum atomic E-state index is 12.4. The summed E-state index contributed by atoms with van der Waals surface area (Å²) in [4.78, 5) is 26.1. The highest BCUT2D eigenvalue weighted by atomic mass is 16.2. The number of hydrogen-bond acceptors (Lipinski definition) is 3. The fourth-order valence-electron chi connectivity index (χ4n) is 2.40. The van der Waals surface area contributed by atoms with Crippen LogP contribution in [0.1, 0.15) is 32.9 Å². The van der Waals surface area contributed by atoms with Crippen LogP contribution in [0.5, 0.6) is 0 Å². The van der Waals surface area contributed by atoms with Crippen molar-refractivity contribution in [1.82, 2.24) is 20.0 Å². The van der Waals surface area contributed by atoms with E-state index in [9.17, 15) is 9.59 Å². The molecule has 1 aliphatic rings. The minimum atomic E-state index is -0.850. The number of piperazine rings is 1. The summed E-state index contributed by atoms with van der Waals surface area (Å²) in [5, 5.41) is 7.04. The molecule has 19 heavy (non-hydrogen) atoms. The summed E-state index contributed by atoms with van der Waals surface area (Å²) in [5.74, 6) is -0.160. The maximum absolute atomic E-state index is 12.4. The molecule has 1 aromatic heterocycles. The Labute approximate surface area is 112 Å². The van der Waals surface area contributed by atoms with Crippen molar-refractivity contribution in [3.63, 3.8) is 0 Å². The lowest BCUT2D eigenvalue weighted by Crippen LogP contribution is -2.67. The van der Waals surface area contributed by atoms with E-state index in [0.717, 1.165) is 5.69 Å². The largest absolute Gasteiger partial charge is 0.340 e. The number of hydrogen-bond donors (Lipinski definition) is 1. The third kappa shape index (κ3) is 2.47. The Kier molecular flexibility index (Phi) is 3.34. The van der Waals surface area contributed by atoms with Gasteiger partial charge in [0.1, 0.15) is 11.6 Å². The molecule has 104 valence electrons. The summed E-state index contributed by atoms with van der Waals surface area (Å²) in [5.41, 5.74) is -0.0582. The van der Waals surface area contributed by atoms with Crippen LogP contribution < -0.4 is 5.32 Å². The van der Waals surface area contributed by atoms with Gasteiger partial charge in [-0.05, 0) is 26.3 Å². The number of nitrogens with one attached hydrogen (secondary N) is 1. The van der Waals surface area contributed by atoms with Crippen molar-refractivity contribution in [2.45, 2.75) is 45.3 Å². The van der Waals surface area contributed by atoms with Crippen LogP contribution in [0.3, 0.4) is 0 Å². The lowest BCUT2D eigenvalue weighted by Gasteiger charge is -2.42. The first-order chi connectivity index (χ1) is 8.85. The molecule has 1 saturated heterocycles. The molecule has 6 nitrogen and oxygen atoms in total. The number of rotatable bonds is 3. The molecule has 1 atom stereocenters. The smallest absolute Gasteiger partial charge is 0.248 e. The van der Waals surface area contributed by atoms with Crippen LogP contribution in [0.15, 0.2) is 12.3 Å². The van der Waals surface area contributed by atoms with Crippen LogP contribution in [-0.2, 0) is 23.2 Å². The highest BCUT2D eigenvalue weighted by Crippen LogP contribution is 2.21. The van der Waals surface area contributed by atoms with Crippen molar-refractivity contribution in [3.05, 3.63) is 18.0 Å². The van der Waals surface area contributed by atoms with Gasteiger partial charge in [0.25, 0.3) is 0 Å². The summed E-state index contributed by atoms with van der Waals surface area (Å²) >= 11 is 0. The molecule has 0 spiro atoms. The van der Waals surface area contributed by atoms with E-state index in [1.54, 1.807) is 23.4 Å². The number of aromatic nitrogens is 2. The summed E-state index contributed by atoms with van der Waals surface area (Å²) < 4.78 is 1.69. The van der Waals surface area contributed by atoms with Crippen LogP contribution in [-0.4, -0.2) is 38.1 Å². The second-order valence-electron chi connectivity index (χ2n) is 5.45. The number of nitrogens with zero attached hydrogens (tertiary/aromatic N) is 3. The van der Waals surface area contributed by atoms with Gasteiger partial charge >= 0.3 is 0 Å². The van der Waals surface area contributed by atoms with E-state index in [4.69, 9.17) is 0 Å². The molecule has 2 heterocycles. The Balaban J connectivity index is 2.27. The fourth-order valence-corrected chi connectivity index (χ4v) is 2.40. The van der Waals surface area contributed by atoms with Crippen molar-refractivity contribution in [2.24, 2.45) is 7.05 Å². The molecule has 6 heteroatoms. The summed E-state index contributed by atoms with van der Waals surface area (Å²) in [6.07, 6.45) is 2.43. The SMILES string of the molecule is CCC1C(=O)NC(C)(C)C(=O)N1Cc1ccn(C)n1. The van der Waals surface area contributed by atoms with Gasteiger partial charge in [-0.15, -0.1) is 0 Å². The quantitative estimate of drug-likeness (QED) is 0.861. The van der Waals surface area contributed by atoms with Crippen molar-refractivity contribution >= 4 is 11.8 Å². The molecular weight excluding hydrogens is 244 g/mol. The van der Waals surface area contributed by atoms with Crippen molar-refractivity contribution in [3.8, 4) is 0 Å². The number of aryl methyl sites for hydroxylation is 1. The molecule has 1 fully saturated rings. The Bertz CT molecular complexity index is 506. The van der Waals surface area contributed by atoms with Crippen LogP contribution >= 0.6 is 0 Å². The second-order valence-corrected chi connectivity index (χ2v) is 5.45. The zero-order valence-corrected chi connectivity index (χ0v) is 11.8. The zero-order chi connectivity index (χ0) is 14.2. The molecule has 2 rings (SSSR count). The molecule has 0 aliphatic carbocycles. The van der Waals surface area contributed by atoms with Gasteiger partial charge in [0.15, 0.2) is 0 Å². The van der Waals surface area contributed by atoms with Crippen molar-refractivity contribution in [2.75, 3.05) is 0 Å². The zero-order valence-electron chi connectivity index (χ0n) is 11.8. The van der Waals surface area contributed by atoms with E-state index < -0.39 is 11.6 Å². The first-order valence-corrected chi connectivity index (χ1v) is 6.46. The third-order valence-corrected chi connectivity index (χ3v) is 3.40. The predicted molar refractivity (Wildman–Crippen MR) is 70.1 cm³/mol. The van der Waals surface area contributed by atoms with Gasteiger partial charge in [0.05, 0.1) is 12.2 Å². The standard InChI is InChI=1S/C13H20N4O2/c1-5-10-11(18)14-13(2,3)12(19)17(10)8-9-6-7-16(4)15-9/h6-7,10H,5,8H2,1-4H3,(H,14,18). The predicted octanol–water partition coefficient (Wildman–Crippen LogP) is 0.436. The minimum absolute atomic E-state index is 0.0652. The number of amides is 2. The average molecular weight is 264 g/mol. The molecular formula is C13H20N4O2. The summed E-state index contributed by atoms with van der Waals surface area (Å²) in [7, 11) is 1.83. The van der Waals surface area contributed by atoms with Crippen LogP contribution in [0.25, 0.3) is 0 Å². The Morgan fingerprint density at radius 3 is 2.63 bits per heavy atom. The highest BCUT2D eigenvalue weighted by molar-refractivity contribution is 5.99. The minimum Gasteiger partial charge on any atom is -0.340 e. The molecule has 0 saturated carbocycles. The third-order valence-electron chi connectivity index (χ3n) is 3.40. The monoisotopic (exact) mass is 264 g/mol. The van der Waals surface area contributed by atoms with Gasteiger partial charge in [-0.3, -0.25) is 14.3 Å². The number of carbonyl (C=O) groups excluding carboxylic acids is 2. The highest BCUT2D eigenvalue weighted by Gasteiger charge is 2.44. The first kappa shape index (κ1) is 13.6. The fraction of sp³-hybridized carbons (Fsp3) is 0.615. The molecule has 2 amide bonds. The lowest BCUT2D eigenvalue weighted by atomic mass is 9.95. The van der Waals surface area contributed by atoms with E-state index in [-0.39, 0.29) is 11.8 Å². The van der Waals surface area contributed by atoms with Crippen LogP contribution in [0.2, 0.25) is 0 Å². The summed E-state index contributed by atoms with van der Waals surface area (Å²) in [6, 6.07) is 1.45. The van der Waals surface area contributed by atoms with Crippen LogP contribution in [0.4, 0.5) is 0 Å². The second kappa shape index (κ2) is 4.68. The van der Waals surface area contributed by atoms with Gasteiger partial charge in [-0.1, -0.05) is 6.92 Å². The van der Waals surface area contributed by atoms with E-state index in [1.165, 1.54) is 0 Å². The topological polar surface area (TPSA) is 67.2 Å². The lowest BCUT2D eigenvalue weighted by molar-refractivity contribution is -0.154.